The third-order valence-corrected chi connectivity index (χ3v) is 4.60. The number of carbonyl (C=O) groups is 2. The molecule has 2 aromatic carbocycles. The SMILES string of the molecule is CCCCC(=O)Nc1ccc(NC(=O)C=Cc2cc(Br)ccc2OC)cc1OC. The van der Waals surface area contributed by atoms with E-state index >= 15 is 0 Å². The van der Waals surface area contributed by atoms with Crippen LogP contribution in [0.3, 0.4) is 0 Å². The second-order valence-corrected chi connectivity index (χ2v) is 7.19. The molecule has 0 aromatic heterocycles. The van der Waals surface area contributed by atoms with Crippen LogP contribution in [0.25, 0.3) is 6.08 Å². The maximum atomic E-state index is 12.3. The summed E-state index contributed by atoms with van der Waals surface area (Å²) in [4.78, 5) is 24.2. The first-order chi connectivity index (χ1) is 14.0. The van der Waals surface area contributed by atoms with E-state index in [2.05, 4.69) is 26.6 Å². The van der Waals surface area contributed by atoms with Gasteiger partial charge in [-0.2, -0.15) is 0 Å². The van der Waals surface area contributed by atoms with Gasteiger partial charge >= 0.3 is 0 Å². The number of methoxy groups -OCH3 is 2. The second-order valence-electron chi connectivity index (χ2n) is 6.28. The molecule has 0 bridgehead atoms. The first-order valence-electron chi connectivity index (χ1n) is 9.27. The maximum Gasteiger partial charge on any atom is 0.248 e. The lowest BCUT2D eigenvalue weighted by Gasteiger charge is -2.12. The first-order valence-corrected chi connectivity index (χ1v) is 10.1. The van der Waals surface area contributed by atoms with Gasteiger partial charge in [-0.15, -0.1) is 0 Å². The minimum Gasteiger partial charge on any atom is -0.496 e. The molecule has 2 rings (SSSR count). The molecule has 154 valence electrons. The number of unbranched alkanes of at least 4 members (excludes halogenated alkanes) is 1. The van der Waals surface area contributed by atoms with Crippen LogP contribution in [-0.2, 0) is 9.59 Å². The van der Waals surface area contributed by atoms with E-state index in [9.17, 15) is 9.59 Å². The van der Waals surface area contributed by atoms with Crippen LogP contribution in [-0.4, -0.2) is 26.0 Å². The number of hydrogen-bond donors (Lipinski definition) is 2. The van der Waals surface area contributed by atoms with Crippen LogP contribution in [0.1, 0.15) is 31.7 Å². The Morgan fingerprint density at radius 2 is 1.79 bits per heavy atom. The first kappa shape index (κ1) is 22.5. The van der Waals surface area contributed by atoms with Crippen LogP contribution in [0.2, 0.25) is 0 Å². The van der Waals surface area contributed by atoms with Crippen molar-refractivity contribution in [2.24, 2.45) is 0 Å². The van der Waals surface area contributed by atoms with Crippen LogP contribution >= 0.6 is 15.9 Å². The Morgan fingerprint density at radius 3 is 2.48 bits per heavy atom. The van der Waals surface area contributed by atoms with Gasteiger partial charge in [-0.05, 0) is 42.8 Å². The fourth-order valence-corrected chi connectivity index (χ4v) is 2.99. The monoisotopic (exact) mass is 460 g/mol. The van der Waals surface area contributed by atoms with Gasteiger partial charge in [0.1, 0.15) is 11.5 Å². The van der Waals surface area contributed by atoms with E-state index in [1.807, 2.05) is 25.1 Å². The number of anilines is 2. The van der Waals surface area contributed by atoms with Gasteiger partial charge in [0.15, 0.2) is 0 Å². The van der Waals surface area contributed by atoms with E-state index in [0.29, 0.717) is 29.3 Å². The number of rotatable bonds is 9. The second kappa shape index (κ2) is 11.3. The molecule has 0 spiro atoms. The Bertz CT molecular complexity index is 896. The third kappa shape index (κ3) is 6.94. The Kier molecular flexibility index (Phi) is 8.73. The molecule has 0 fully saturated rings. The fraction of sp³-hybridized carbons (Fsp3) is 0.273. The van der Waals surface area contributed by atoms with Crippen LogP contribution in [0.5, 0.6) is 11.5 Å². The van der Waals surface area contributed by atoms with Crippen molar-refractivity contribution in [1.29, 1.82) is 0 Å². The topological polar surface area (TPSA) is 76.7 Å². The largest absolute Gasteiger partial charge is 0.496 e. The van der Waals surface area contributed by atoms with Gasteiger partial charge in [-0.1, -0.05) is 29.3 Å². The van der Waals surface area contributed by atoms with Crippen LogP contribution < -0.4 is 20.1 Å². The van der Waals surface area contributed by atoms with E-state index in [-0.39, 0.29) is 11.8 Å². The molecule has 2 N–H and O–H groups in total. The van der Waals surface area contributed by atoms with Crippen LogP contribution in [0.4, 0.5) is 11.4 Å². The maximum absolute atomic E-state index is 12.3. The quantitative estimate of drug-likeness (QED) is 0.501. The molecule has 0 saturated heterocycles. The summed E-state index contributed by atoms with van der Waals surface area (Å²) >= 11 is 3.41. The van der Waals surface area contributed by atoms with Crippen molar-refractivity contribution in [3.63, 3.8) is 0 Å². The smallest absolute Gasteiger partial charge is 0.248 e. The fourth-order valence-electron chi connectivity index (χ4n) is 2.61. The van der Waals surface area contributed by atoms with Gasteiger partial charge in [0.25, 0.3) is 0 Å². The lowest BCUT2D eigenvalue weighted by atomic mass is 10.2. The molecule has 7 heteroatoms. The minimum atomic E-state index is -0.297. The zero-order valence-corrected chi connectivity index (χ0v) is 18.3. The lowest BCUT2D eigenvalue weighted by molar-refractivity contribution is -0.116. The molecule has 0 aliphatic heterocycles. The molecular weight excluding hydrogens is 436 g/mol. The molecule has 0 radical (unpaired) electrons. The predicted octanol–water partition coefficient (Wildman–Crippen LogP) is 5.25. The number of halogens is 1. The summed E-state index contributed by atoms with van der Waals surface area (Å²) in [6, 6.07) is 10.6. The number of carbonyl (C=O) groups excluding carboxylic acids is 2. The lowest BCUT2D eigenvalue weighted by Crippen LogP contribution is -2.12. The summed E-state index contributed by atoms with van der Waals surface area (Å²) < 4.78 is 11.5. The normalized spacial score (nSPS) is 10.6. The van der Waals surface area contributed by atoms with Crippen molar-refractivity contribution in [3.8, 4) is 11.5 Å². The number of nitrogens with one attached hydrogen (secondary N) is 2. The van der Waals surface area contributed by atoms with Crippen molar-refractivity contribution >= 4 is 45.2 Å². The molecular formula is C22H25BrN2O4. The number of amides is 2. The van der Waals surface area contributed by atoms with Gasteiger partial charge in [0.05, 0.1) is 19.9 Å². The molecule has 0 saturated carbocycles. The van der Waals surface area contributed by atoms with E-state index in [4.69, 9.17) is 9.47 Å². The van der Waals surface area contributed by atoms with E-state index in [0.717, 1.165) is 22.9 Å². The molecule has 2 aromatic rings. The highest BCUT2D eigenvalue weighted by Gasteiger charge is 2.09. The van der Waals surface area contributed by atoms with Crippen LogP contribution in [0, 0.1) is 0 Å². The Balaban J connectivity index is 2.07. The standard InChI is InChI=1S/C22H25BrN2O4/c1-4-5-6-21(26)25-18-10-9-17(14-20(18)29-3)24-22(27)12-7-15-13-16(23)8-11-19(15)28-2/h7-14H,4-6H2,1-3H3,(H,24,27)(H,25,26). The molecule has 0 atom stereocenters. The van der Waals surface area contributed by atoms with Crippen molar-refractivity contribution in [2.75, 3.05) is 24.9 Å². The Labute approximate surface area is 179 Å². The highest BCUT2D eigenvalue weighted by Crippen LogP contribution is 2.28. The molecule has 0 aliphatic rings. The number of ether oxygens (including phenoxy) is 2. The van der Waals surface area contributed by atoms with E-state index in [1.54, 1.807) is 31.4 Å². The molecule has 29 heavy (non-hydrogen) atoms. The number of benzene rings is 2. The summed E-state index contributed by atoms with van der Waals surface area (Å²) in [7, 11) is 3.09. The summed E-state index contributed by atoms with van der Waals surface area (Å²) in [6.45, 7) is 2.03. The molecule has 6 nitrogen and oxygen atoms in total. The Morgan fingerprint density at radius 1 is 1.03 bits per heavy atom. The van der Waals surface area contributed by atoms with Crippen LogP contribution in [0.15, 0.2) is 46.9 Å². The van der Waals surface area contributed by atoms with Gasteiger partial charge in [-0.25, -0.2) is 0 Å². The van der Waals surface area contributed by atoms with Crippen molar-refractivity contribution in [2.45, 2.75) is 26.2 Å². The minimum absolute atomic E-state index is 0.0622. The highest BCUT2D eigenvalue weighted by molar-refractivity contribution is 9.10. The zero-order valence-electron chi connectivity index (χ0n) is 16.8. The van der Waals surface area contributed by atoms with Gasteiger partial charge in [0.2, 0.25) is 11.8 Å². The van der Waals surface area contributed by atoms with Crippen molar-refractivity contribution < 1.29 is 19.1 Å². The number of hydrogen-bond acceptors (Lipinski definition) is 4. The molecule has 0 aliphatic carbocycles. The van der Waals surface area contributed by atoms with E-state index in [1.165, 1.54) is 13.2 Å². The third-order valence-electron chi connectivity index (χ3n) is 4.11. The molecule has 0 heterocycles. The summed E-state index contributed by atoms with van der Waals surface area (Å²) in [5, 5.41) is 5.62. The summed E-state index contributed by atoms with van der Waals surface area (Å²) in [5.74, 6) is 0.786. The van der Waals surface area contributed by atoms with Gasteiger partial charge in [-0.3, -0.25) is 9.59 Å². The van der Waals surface area contributed by atoms with Crippen molar-refractivity contribution in [3.05, 3.63) is 52.5 Å². The molecule has 2 amide bonds. The average Bonchev–Trinajstić information content (AvgIpc) is 2.71. The summed E-state index contributed by atoms with van der Waals surface area (Å²) in [5.41, 5.74) is 1.91. The van der Waals surface area contributed by atoms with E-state index < -0.39 is 0 Å². The summed E-state index contributed by atoms with van der Waals surface area (Å²) in [6.07, 6.45) is 5.35. The Hall–Kier alpha value is -2.80. The predicted molar refractivity (Wildman–Crippen MR) is 120 cm³/mol. The highest BCUT2D eigenvalue weighted by atomic mass is 79.9. The zero-order chi connectivity index (χ0) is 21.2. The van der Waals surface area contributed by atoms with Gasteiger partial charge < -0.3 is 20.1 Å². The van der Waals surface area contributed by atoms with Gasteiger partial charge in [0, 0.05) is 34.3 Å². The van der Waals surface area contributed by atoms with Crippen molar-refractivity contribution in [1.82, 2.24) is 0 Å². The molecule has 0 unspecified atom stereocenters. The average molecular weight is 461 g/mol.